The first kappa shape index (κ1) is 18.4. The van der Waals surface area contributed by atoms with Gasteiger partial charge in [-0.3, -0.25) is 18.9 Å². The summed E-state index contributed by atoms with van der Waals surface area (Å²) >= 11 is 0. The van der Waals surface area contributed by atoms with Gasteiger partial charge in [-0.1, -0.05) is 30.3 Å². The maximum atomic E-state index is 13.1. The molecule has 0 radical (unpaired) electrons. The monoisotopic (exact) mass is 389 g/mol. The molecule has 4 rings (SSSR count). The number of rotatable bonds is 5. The maximum absolute atomic E-state index is 13.1. The van der Waals surface area contributed by atoms with E-state index in [0.717, 1.165) is 11.1 Å². The first-order chi connectivity index (χ1) is 14.1. The lowest BCUT2D eigenvalue weighted by Crippen LogP contribution is -2.39. The van der Waals surface area contributed by atoms with Crippen LogP contribution in [0, 0.1) is 0 Å². The zero-order valence-corrected chi connectivity index (χ0v) is 16.0. The highest BCUT2D eigenvalue weighted by atomic mass is 16.2. The van der Waals surface area contributed by atoms with Crippen LogP contribution in [-0.2, 0) is 20.6 Å². The van der Waals surface area contributed by atoms with Crippen molar-refractivity contribution in [2.75, 3.05) is 5.43 Å². The standard InChI is InChI=1S/C20H19N7O2/c1-25-16-17(23-19(25)24-22-12-14-8-10-21-11-9-14)26(2)20(29)27(18(16)28)13-15-6-4-3-5-7-15/h3-12H,13H2,1-2H3,(H,23,24)/b22-12+. The van der Waals surface area contributed by atoms with Crippen molar-refractivity contribution in [1.29, 1.82) is 0 Å². The summed E-state index contributed by atoms with van der Waals surface area (Å²) in [5.41, 5.74) is 4.37. The Labute approximate surface area is 165 Å². The molecule has 0 saturated carbocycles. The minimum absolute atomic E-state index is 0.191. The second-order valence-electron chi connectivity index (χ2n) is 6.54. The topological polar surface area (TPSA) is 99.1 Å². The maximum Gasteiger partial charge on any atom is 0.332 e. The molecule has 0 saturated heterocycles. The number of nitrogens with zero attached hydrogens (tertiary/aromatic N) is 6. The Morgan fingerprint density at radius 1 is 1.03 bits per heavy atom. The zero-order valence-electron chi connectivity index (χ0n) is 16.0. The molecule has 9 nitrogen and oxygen atoms in total. The number of fused-ring (bicyclic) bond motifs is 1. The summed E-state index contributed by atoms with van der Waals surface area (Å²) in [5, 5.41) is 4.16. The number of aromatic nitrogens is 5. The van der Waals surface area contributed by atoms with Gasteiger partial charge < -0.3 is 4.57 Å². The number of hydrazone groups is 1. The number of pyridine rings is 1. The van der Waals surface area contributed by atoms with Crippen molar-refractivity contribution < 1.29 is 0 Å². The lowest BCUT2D eigenvalue weighted by molar-refractivity contribution is 0.655. The van der Waals surface area contributed by atoms with E-state index >= 15 is 0 Å². The molecule has 0 aliphatic rings. The quantitative estimate of drug-likeness (QED) is 0.410. The van der Waals surface area contributed by atoms with Crippen LogP contribution >= 0.6 is 0 Å². The zero-order chi connectivity index (χ0) is 20.4. The molecule has 3 aromatic heterocycles. The smallest absolute Gasteiger partial charge is 0.306 e. The van der Waals surface area contributed by atoms with E-state index in [9.17, 15) is 9.59 Å². The highest BCUT2D eigenvalue weighted by Gasteiger charge is 2.18. The van der Waals surface area contributed by atoms with Gasteiger partial charge in [0.25, 0.3) is 5.56 Å². The second kappa shape index (κ2) is 7.55. The van der Waals surface area contributed by atoms with E-state index < -0.39 is 11.2 Å². The van der Waals surface area contributed by atoms with Gasteiger partial charge in [0.2, 0.25) is 5.95 Å². The Balaban J connectivity index is 1.74. The first-order valence-electron chi connectivity index (χ1n) is 8.95. The molecule has 0 atom stereocenters. The molecule has 0 bridgehead atoms. The Bertz CT molecular complexity index is 1300. The van der Waals surface area contributed by atoms with Gasteiger partial charge >= 0.3 is 5.69 Å². The summed E-state index contributed by atoms with van der Waals surface area (Å²) in [5.74, 6) is 0.356. The second-order valence-corrected chi connectivity index (χ2v) is 6.54. The SMILES string of the molecule is Cn1c(N/N=C/c2ccncc2)nc2c1c(=O)n(Cc1ccccc1)c(=O)n2C. The molecule has 3 heterocycles. The van der Waals surface area contributed by atoms with Gasteiger partial charge in [0.05, 0.1) is 12.8 Å². The molecule has 0 aliphatic carbocycles. The van der Waals surface area contributed by atoms with Gasteiger partial charge in [-0.2, -0.15) is 10.1 Å². The van der Waals surface area contributed by atoms with Crippen molar-refractivity contribution in [1.82, 2.24) is 23.7 Å². The Morgan fingerprint density at radius 3 is 2.48 bits per heavy atom. The van der Waals surface area contributed by atoms with Crippen LogP contribution in [0.15, 0.2) is 69.5 Å². The molecule has 29 heavy (non-hydrogen) atoms. The Hall–Kier alpha value is -4.01. The van der Waals surface area contributed by atoms with E-state index in [1.54, 1.807) is 37.3 Å². The van der Waals surface area contributed by atoms with E-state index in [0.29, 0.717) is 17.1 Å². The highest BCUT2D eigenvalue weighted by Crippen LogP contribution is 2.13. The molecule has 4 aromatic rings. The number of hydrogen-bond acceptors (Lipinski definition) is 6. The summed E-state index contributed by atoms with van der Waals surface area (Å²) < 4.78 is 4.18. The minimum atomic E-state index is -0.420. The van der Waals surface area contributed by atoms with Gasteiger partial charge in [-0.25, -0.2) is 10.2 Å². The molecular formula is C20H19N7O2. The lowest BCUT2D eigenvalue weighted by atomic mass is 10.2. The summed E-state index contributed by atoms with van der Waals surface area (Å²) in [6.07, 6.45) is 4.95. The van der Waals surface area contributed by atoms with E-state index in [4.69, 9.17) is 0 Å². The van der Waals surface area contributed by atoms with Crippen LogP contribution in [-0.4, -0.2) is 29.9 Å². The van der Waals surface area contributed by atoms with Gasteiger partial charge in [0.15, 0.2) is 11.2 Å². The van der Waals surface area contributed by atoms with E-state index in [1.807, 2.05) is 42.5 Å². The molecule has 0 spiro atoms. The number of aryl methyl sites for hydroxylation is 2. The summed E-state index contributed by atoms with van der Waals surface area (Å²) in [7, 11) is 3.31. The van der Waals surface area contributed by atoms with Crippen LogP contribution < -0.4 is 16.7 Å². The predicted molar refractivity (Wildman–Crippen MR) is 111 cm³/mol. The third-order valence-electron chi connectivity index (χ3n) is 4.63. The van der Waals surface area contributed by atoms with Gasteiger partial charge in [-0.15, -0.1) is 0 Å². The van der Waals surface area contributed by atoms with Crippen LogP contribution in [0.4, 0.5) is 5.95 Å². The molecule has 146 valence electrons. The average Bonchev–Trinajstić information content (AvgIpc) is 3.08. The van der Waals surface area contributed by atoms with Crippen molar-refractivity contribution in [3.8, 4) is 0 Å². The van der Waals surface area contributed by atoms with Crippen LogP contribution in [0.25, 0.3) is 11.2 Å². The molecule has 1 aromatic carbocycles. The molecule has 0 unspecified atom stereocenters. The number of hydrogen-bond donors (Lipinski definition) is 1. The van der Waals surface area contributed by atoms with E-state index in [1.165, 1.54) is 9.13 Å². The van der Waals surface area contributed by atoms with Crippen LogP contribution in [0.2, 0.25) is 0 Å². The largest absolute Gasteiger partial charge is 0.332 e. The Kier molecular flexibility index (Phi) is 4.78. The Morgan fingerprint density at radius 2 is 1.76 bits per heavy atom. The lowest BCUT2D eigenvalue weighted by Gasteiger charge is -2.08. The van der Waals surface area contributed by atoms with Crippen LogP contribution in [0.1, 0.15) is 11.1 Å². The molecule has 1 N–H and O–H groups in total. The molecule has 0 fully saturated rings. The van der Waals surface area contributed by atoms with Crippen LogP contribution in [0.3, 0.4) is 0 Å². The normalized spacial score (nSPS) is 11.4. The molecular weight excluding hydrogens is 370 g/mol. The van der Waals surface area contributed by atoms with Gasteiger partial charge in [0, 0.05) is 26.5 Å². The molecule has 0 amide bonds. The minimum Gasteiger partial charge on any atom is -0.306 e. The van der Waals surface area contributed by atoms with E-state index in [-0.39, 0.29) is 6.54 Å². The molecule has 9 heteroatoms. The summed E-state index contributed by atoms with van der Waals surface area (Å²) in [6.45, 7) is 0.191. The number of imidazole rings is 1. The number of nitrogens with one attached hydrogen (secondary N) is 1. The summed E-state index contributed by atoms with van der Waals surface area (Å²) in [4.78, 5) is 34.1. The van der Waals surface area contributed by atoms with Crippen molar-refractivity contribution in [3.05, 3.63) is 86.8 Å². The van der Waals surface area contributed by atoms with Crippen molar-refractivity contribution in [3.63, 3.8) is 0 Å². The number of anilines is 1. The fourth-order valence-corrected chi connectivity index (χ4v) is 3.06. The molecule has 0 aliphatic heterocycles. The van der Waals surface area contributed by atoms with Crippen molar-refractivity contribution in [2.24, 2.45) is 19.2 Å². The van der Waals surface area contributed by atoms with E-state index in [2.05, 4.69) is 20.5 Å². The first-order valence-corrected chi connectivity index (χ1v) is 8.95. The predicted octanol–water partition coefficient (Wildman–Crippen LogP) is 1.32. The number of benzene rings is 1. The van der Waals surface area contributed by atoms with Crippen LogP contribution in [0.5, 0.6) is 0 Å². The average molecular weight is 389 g/mol. The van der Waals surface area contributed by atoms with Crippen molar-refractivity contribution >= 4 is 23.3 Å². The fraction of sp³-hybridized carbons (Fsp3) is 0.150. The third-order valence-corrected chi connectivity index (χ3v) is 4.63. The summed E-state index contributed by atoms with van der Waals surface area (Å²) in [6, 6.07) is 13.0. The fourth-order valence-electron chi connectivity index (χ4n) is 3.06. The van der Waals surface area contributed by atoms with Crippen molar-refractivity contribution in [2.45, 2.75) is 6.54 Å². The third kappa shape index (κ3) is 3.45. The van der Waals surface area contributed by atoms with Gasteiger partial charge in [-0.05, 0) is 23.3 Å². The highest BCUT2D eigenvalue weighted by molar-refractivity contribution is 5.80. The van der Waals surface area contributed by atoms with Gasteiger partial charge in [0.1, 0.15) is 0 Å².